The molecule has 0 saturated carbocycles. The molecule has 2 N–H and O–H groups in total. The molecule has 0 atom stereocenters. The van der Waals surface area contributed by atoms with Gasteiger partial charge < -0.3 is 19.9 Å². The minimum Gasteiger partial charge on any atom is -0.377 e. The normalized spacial score (nSPS) is 10.6. The minimum atomic E-state index is 0.372. The maximum absolute atomic E-state index is 5.08. The molecule has 0 aromatic carbocycles. The fraction of sp³-hybridized carbons (Fsp3) is 0.538. The first-order chi connectivity index (χ1) is 10.2. The van der Waals surface area contributed by atoms with Crippen LogP contribution in [0.15, 0.2) is 10.6 Å². The van der Waals surface area contributed by atoms with Crippen LogP contribution in [-0.4, -0.2) is 40.3 Å². The molecule has 2 aromatic heterocycles. The zero-order valence-electron chi connectivity index (χ0n) is 12.5. The number of ether oxygens (including phenoxy) is 1. The Balaban J connectivity index is 1.97. The number of nitrogens with zero attached hydrogens (tertiary/aromatic N) is 4. The average Bonchev–Trinajstić information content (AvgIpc) is 2.85. The maximum Gasteiger partial charge on any atom is 0.228 e. The number of hydrogen-bond donors (Lipinski definition) is 2. The maximum atomic E-state index is 5.08. The predicted molar refractivity (Wildman–Crippen MR) is 78.1 cm³/mol. The predicted octanol–water partition coefficient (Wildman–Crippen LogP) is 1.40. The second-order valence-electron chi connectivity index (χ2n) is 4.43. The largest absolute Gasteiger partial charge is 0.377 e. The molecule has 0 aliphatic carbocycles. The average molecular weight is 292 g/mol. The third-order valence-electron chi connectivity index (χ3n) is 2.62. The third kappa shape index (κ3) is 4.67. The first-order valence-electron chi connectivity index (χ1n) is 6.85. The lowest BCUT2D eigenvalue weighted by Gasteiger charge is -2.09. The van der Waals surface area contributed by atoms with E-state index in [1.165, 1.54) is 0 Å². The lowest BCUT2D eigenvalue weighted by molar-refractivity contribution is 0.178. The minimum absolute atomic E-state index is 0.372. The second-order valence-corrected chi connectivity index (χ2v) is 4.43. The molecule has 0 unspecified atom stereocenters. The Morgan fingerprint density at radius 3 is 2.57 bits per heavy atom. The van der Waals surface area contributed by atoms with Crippen LogP contribution in [0.2, 0.25) is 0 Å². The van der Waals surface area contributed by atoms with Crippen LogP contribution in [0.5, 0.6) is 0 Å². The van der Waals surface area contributed by atoms with Gasteiger partial charge in [0.25, 0.3) is 0 Å². The summed E-state index contributed by atoms with van der Waals surface area (Å²) in [5.41, 5.74) is 0. The topological polar surface area (TPSA) is 98.0 Å². The molecule has 2 aromatic rings. The van der Waals surface area contributed by atoms with E-state index in [4.69, 9.17) is 9.26 Å². The van der Waals surface area contributed by atoms with Gasteiger partial charge in [0.1, 0.15) is 18.2 Å². The van der Waals surface area contributed by atoms with Gasteiger partial charge in [0.05, 0.1) is 0 Å². The van der Waals surface area contributed by atoms with E-state index in [0.29, 0.717) is 37.1 Å². The van der Waals surface area contributed by atoms with Gasteiger partial charge in [-0.1, -0.05) is 5.16 Å². The van der Waals surface area contributed by atoms with Gasteiger partial charge in [-0.3, -0.25) is 0 Å². The molecule has 8 heteroatoms. The van der Waals surface area contributed by atoms with Gasteiger partial charge in [-0.2, -0.15) is 4.98 Å². The number of rotatable bonds is 8. The highest BCUT2D eigenvalue weighted by Gasteiger charge is 2.06. The molecule has 114 valence electrons. The molecule has 0 fully saturated rings. The van der Waals surface area contributed by atoms with E-state index in [9.17, 15) is 0 Å². The SMILES string of the molecule is CCNc1cc(NCCc2nc(C)no2)nc(COC)n1. The first-order valence-corrected chi connectivity index (χ1v) is 6.85. The van der Waals surface area contributed by atoms with Crippen molar-refractivity contribution in [3.8, 4) is 0 Å². The summed E-state index contributed by atoms with van der Waals surface area (Å²) in [6.07, 6.45) is 0.640. The smallest absolute Gasteiger partial charge is 0.228 e. The van der Waals surface area contributed by atoms with Gasteiger partial charge in [0.2, 0.25) is 5.89 Å². The molecule has 0 aliphatic rings. The van der Waals surface area contributed by atoms with E-state index in [2.05, 4.69) is 30.7 Å². The Kier molecular flexibility index (Phi) is 5.44. The Bertz CT molecular complexity index is 547. The monoisotopic (exact) mass is 292 g/mol. The van der Waals surface area contributed by atoms with Crippen molar-refractivity contribution in [2.24, 2.45) is 0 Å². The number of aryl methyl sites for hydroxylation is 1. The Labute approximate surface area is 123 Å². The molecule has 0 aliphatic heterocycles. The van der Waals surface area contributed by atoms with Crippen molar-refractivity contribution in [3.63, 3.8) is 0 Å². The Morgan fingerprint density at radius 2 is 1.95 bits per heavy atom. The lowest BCUT2D eigenvalue weighted by Crippen LogP contribution is -2.11. The summed E-state index contributed by atoms with van der Waals surface area (Å²) in [5, 5.41) is 10.1. The zero-order valence-corrected chi connectivity index (χ0v) is 12.5. The number of aromatic nitrogens is 4. The molecule has 0 spiro atoms. The Hall–Kier alpha value is -2.22. The van der Waals surface area contributed by atoms with Crippen molar-refractivity contribution in [1.29, 1.82) is 0 Å². The van der Waals surface area contributed by atoms with E-state index in [1.807, 2.05) is 13.0 Å². The second kappa shape index (κ2) is 7.53. The van der Waals surface area contributed by atoms with E-state index in [-0.39, 0.29) is 0 Å². The van der Waals surface area contributed by atoms with Crippen LogP contribution < -0.4 is 10.6 Å². The van der Waals surface area contributed by atoms with Crippen molar-refractivity contribution >= 4 is 11.6 Å². The van der Waals surface area contributed by atoms with E-state index < -0.39 is 0 Å². The van der Waals surface area contributed by atoms with Gasteiger partial charge >= 0.3 is 0 Å². The summed E-state index contributed by atoms with van der Waals surface area (Å²) in [6, 6.07) is 1.86. The van der Waals surface area contributed by atoms with Gasteiger partial charge in [-0.05, 0) is 13.8 Å². The van der Waals surface area contributed by atoms with E-state index in [1.54, 1.807) is 14.0 Å². The molecule has 0 radical (unpaired) electrons. The number of hydrogen-bond acceptors (Lipinski definition) is 8. The highest BCUT2D eigenvalue weighted by Crippen LogP contribution is 2.12. The highest BCUT2D eigenvalue weighted by atomic mass is 16.5. The number of anilines is 2. The van der Waals surface area contributed by atoms with E-state index >= 15 is 0 Å². The number of methoxy groups -OCH3 is 1. The molecular weight excluding hydrogens is 272 g/mol. The molecule has 8 nitrogen and oxygen atoms in total. The van der Waals surface area contributed by atoms with Gasteiger partial charge in [0.15, 0.2) is 11.6 Å². The molecule has 0 amide bonds. The fourth-order valence-electron chi connectivity index (χ4n) is 1.79. The molecular formula is C13H20N6O2. The van der Waals surface area contributed by atoms with Crippen molar-refractivity contribution in [3.05, 3.63) is 23.6 Å². The van der Waals surface area contributed by atoms with Crippen LogP contribution in [-0.2, 0) is 17.8 Å². The molecule has 21 heavy (non-hydrogen) atoms. The zero-order chi connectivity index (χ0) is 15.1. The summed E-state index contributed by atoms with van der Waals surface area (Å²) in [5.74, 6) is 3.40. The fourth-order valence-corrected chi connectivity index (χ4v) is 1.79. The summed E-state index contributed by atoms with van der Waals surface area (Å²) >= 11 is 0. The van der Waals surface area contributed by atoms with Crippen molar-refractivity contribution < 1.29 is 9.26 Å². The molecule has 0 bridgehead atoms. The summed E-state index contributed by atoms with van der Waals surface area (Å²) in [4.78, 5) is 12.9. The van der Waals surface area contributed by atoms with E-state index in [0.717, 1.165) is 18.2 Å². The summed E-state index contributed by atoms with van der Waals surface area (Å²) in [7, 11) is 1.62. The number of nitrogens with one attached hydrogen (secondary N) is 2. The van der Waals surface area contributed by atoms with Crippen molar-refractivity contribution in [1.82, 2.24) is 20.1 Å². The van der Waals surface area contributed by atoms with Crippen LogP contribution in [0.1, 0.15) is 24.5 Å². The lowest BCUT2D eigenvalue weighted by atomic mass is 10.4. The van der Waals surface area contributed by atoms with Gasteiger partial charge in [-0.15, -0.1) is 0 Å². The third-order valence-corrected chi connectivity index (χ3v) is 2.62. The standard InChI is InChI=1S/C13H20N6O2/c1-4-14-10-7-11(18-12(17-10)8-20-3)15-6-5-13-16-9(2)19-21-13/h7H,4-6,8H2,1-3H3,(H2,14,15,17,18). The summed E-state index contributed by atoms with van der Waals surface area (Å²) < 4.78 is 10.1. The molecule has 2 heterocycles. The summed E-state index contributed by atoms with van der Waals surface area (Å²) in [6.45, 7) is 5.63. The van der Waals surface area contributed by atoms with Crippen molar-refractivity contribution in [2.75, 3.05) is 30.8 Å². The van der Waals surface area contributed by atoms with Crippen molar-refractivity contribution in [2.45, 2.75) is 26.9 Å². The Morgan fingerprint density at radius 1 is 1.19 bits per heavy atom. The van der Waals surface area contributed by atoms with Crippen LogP contribution in [0.4, 0.5) is 11.6 Å². The molecule has 0 saturated heterocycles. The first kappa shape index (κ1) is 15.2. The van der Waals surface area contributed by atoms with Crippen LogP contribution in [0.3, 0.4) is 0 Å². The molecule has 2 rings (SSSR count). The van der Waals surface area contributed by atoms with Gasteiger partial charge in [-0.25, -0.2) is 9.97 Å². The van der Waals surface area contributed by atoms with Crippen LogP contribution >= 0.6 is 0 Å². The van der Waals surface area contributed by atoms with Gasteiger partial charge in [0, 0.05) is 32.7 Å². The quantitative estimate of drug-likeness (QED) is 0.753. The van der Waals surface area contributed by atoms with Crippen LogP contribution in [0, 0.1) is 6.92 Å². The highest BCUT2D eigenvalue weighted by molar-refractivity contribution is 5.47. The van der Waals surface area contributed by atoms with Crippen LogP contribution in [0.25, 0.3) is 0 Å².